The van der Waals surface area contributed by atoms with Crippen LogP contribution in [0, 0.1) is 5.92 Å². The Morgan fingerprint density at radius 1 is 1.00 bits per heavy atom. The quantitative estimate of drug-likeness (QED) is 0.535. The number of aromatic amines is 1. The molecule has 2 aromatic carbocycles. The number of carboxylic acids is 1. The number of rotatable bonds is 8. The number of pyridine rings is 1. The van der Waals surface area contributed by atoms with Gasteiger partial charge in [-0.2, -0.15) is 0 Å². The van der Waals surface area contributed by atoms with E-state index in [-0.39, 0.29) is 23.6 Å². The molecule has 1 unspecified atom stereocenters. The lowest BCUT2D eigenvalue weighted by Gasteiger charge is -2.21. The standard InChI is InChI=1S/C24H24N2O4/c1-16(24(29)30)13-21(26-23(28)20-11-12-25-22(27)15-20)14-17-7-9-19(10-8-17)18-5-3-2-4-6-18/h2-12,15-16,21H,13-14H2,1H3,(H,25,27)(H,26,28)(H,29,30)/t16-,21?/m1/s1. The van der Waals surface area contributed by atoms with Crippen LogP contribution in [0.25, 0.3) is 11.1 Å². The third kappa shape index (κ3) is 5.67. The van der Waals surface area contributed by atoms with E-state index in [4.69, 9.17) is 0 Å². The zero-order valence-electron chi connectivity index (χ0n) is 16.7. The number of amides is 1. The smallest absolute Gasteiger partial charge is 0.306 e. The molecule has 0 saturated heterocycles. The number of aliphatic carboxylic acids is 1. The molecule has 1 aromatic heterocycles. The highest BCUT2D eigenvalue weighted by atomic mass is 16.4. The molecule has 30 heavy (non-hydrogen) atoms. The molecule has 1 amide bonds. The molecule has 0 saturated carbocycles. The van der Waals surface area contributed by atoms with Crippen molar-refractivity contribution in [2.24, 2.45) is 5.92 Å². The SMILES string of the molecule is C[C@H](CC(Cc1ccc(-c2ccccc2)cc1)NC(=O)c1cc[nH]c(=O)c1)C(=O)O. The second kappa shape index (κ2) is 9.69. The lowest BCUT2D eigenvalue weighted by molar-refractivity contribution is -0.141. The minimum Gasteiger partial charge on any atom is -0.481 e. The number of aromatic nitrogens is 1. The predicted octanol–water partition coefficient (Wildman–Crippen LogP) is 3.49. The van der Waals surface area contributed by atoms with Crippen LogP contribution in [0.2, 0.25) is 0 Å². The first-order chi connectivity index (χ1) is 14.4. The maximum Gasteiger partial charge on any atom is 0.306 e. The highest BCUT2D eigenvalue weighted by molar-refractivity contribution is 5.94. The second-order valence-electron chi connectivity index (χ2n) is 7.35. The van der Waals surface area contributed by atoms with Gasteiger partial charge in [-0.05, 0) is 35.6 Å². The van der Waals surface area contributed by atoms with Gasteiger partial charge in [-0.3, -0.25) is 14.4 Å². The van der Waals surface area contributed by atoms with Crippen molar-refractivity contribution in [2.75, 3.05) is 0 Å². The number of H-pyrrole nitrogens is 1. The highest BCUT2D eigenvalue weighted by Gasteiger charge is 2.21. The van der Waals surface area contributed by atoms with Gasteiger partial charge in [0.05, 0.1) is 5.92 Å². The molecule has 0 fully saturated rings. The summed E-state index contributed by atoms with van der Waals surface area (Å²) in [6.45, 7) is 1.62. The van der Waals surface area contributed by atoms with E-state index >= 15 is 0 Å². The molecule has 0 aliphatic heterocycles. The summed E-state index contributed by atoms with van der Waals surface area (Å²) in [7, 11) is 0. The van der Waals surface area contributed by atoms with Gasteiger partial charge in [0.2, 0.25) is 5.56 Å². The van der Waals surface area contributed by atoms with E-state index in [2.05, 4.69) is 10.3 Å². The van der Waals surface area contributed by atoms with Crippen molar-refractivity contribution in [3.63, 3.8) is 0 Å². The van der Waals surface area contributed by atoms with Crippen molar-refractivity contribution in [3.05, 3.63) is 94.4 Å². The van der Waals surface area contributed by atoms with Gasteiger partial charge >= 0.3 is 5.97 Å². The first kappa shape index (κ1) is 21.0. The fourth-order valence-electron chi connectivity index (χ4n) is 3.32. The summed E-state index contributed by atoms with van der Waals surface area (Å²) in [5, 5.41) is 12.2. The van der Waals surface area contributed by atoms with Gasteiger partial charge < -0.3 is 15.4 Å². The molecule has 2 atom stereocenters. The number of carbonyl (C=O) groups is 2. The summed E-state index contributed by atoms with van der Waals surface area (Å²) in [5.74, 6) is -1.92. The summed E-state index contributed by atoms with van der Waals surface area (Å²) < 4.78 is 0. The fourth-order valence-corrected chi connectivity index (χ4v) is 3.32. The minimum atomic E-state index is -0.912. The van der Waals surface area contributed by atoms with Crippen LogP contribution in [0.4, 0.5) is 0 Å². The number of nitrogens with one attached hydrogen (secondary N) is 2. The van der Waals surface area contributed by atoms with Gasteiger partial charge in [0, 0.05) is 23.9 Å². The molecule has 1 heterocycles. The fraction of sp³-hybridized carbons (Fsp3) is 0.208. The Morgan fingerprint density at radius 2 is 1.67 bits per heavy atom. The third-order valence-electron chi connectivity index (χ3n) is 4.98. The van der Waals surface area contributed by atoms with E-state index in [1.807, 2.05) is 54.6 Å². The van der Waals surface area contributed by atoms with Gasteiger partial charge in [0.1, 0.15) is 0 Å². The molecule has 0 aliphatic rings. The Morgan fingerprint density at radius 3 is 2.30 bits per heavy atom. The van der Waals surface area contributed by atoms with Crippen LogP contribution < -0.4 is 10.9 Å². The van der Waals surface area contributed by atoms with Crippen LogP contribution in [-0.4, -0.2) is 28.0 Å². The van der Waals surface area contributed by atoms with E-state index in [1.54, 1.807) is 6.92 Å². The summed E-state index contributed by atoms with van der Waals surface area (Å²) in [4.78, 5) is 37.9. The van der Waals surface area contributed by atoms with Crippen LogP contribution in [0.5, 0.6) is 0 Å². The Labute approximate surface area is 174 Å². The highest BCUT2D eigenvalue weighted by Crippen LogP contribution is 2.20. The number of benzene rings is 2. The van der Waals surface area contributed by atoms with Gasteiger partial charge in [-0.1, -0.05) is 61.5 Å². The molecule has 154 valence electrons. The van der Waals surface area contributed by atoms with Gasteiger partial charge in [-0.25, -0.2) is 0 Å². The lowest BCUT2D eigenvalue weighted by Crippen LogP contribution is -2.39. The van der Waals surface area contributed by atoms with Crippen LogP contribution in [0.3, 0.4) is 0 Å². The topological polar surface area (TPSA) is 99.3 Å². The van der Waals surface area contributed by atoms with Crippen molar-refractivity contribution in [3.8, 4) is 11.1 Å². The van der Waals surface area contributed by atoms with Crippen molar-refractivity contribution in [1.82, 2.24) is 10.3 Å². The molecule has 3 rings (SSSR count). The lowest BCUT2D eigenvalue weighted by atomic mass is 9.94. The average molecular weight is 404 g/mol. The second-order valence-corrected chi connectivity index (χ2v) is 7.35. The monoisotopic (exact) mass is 404 g/mol. The first-order valence-electron chi connectivity index (χ1n) is 9.79. The molecule has 6 nitrogen and oxygen atoms in total. The molecule has 0 bridgehead atoms. The Kier molecular flexibility index (Phi) is 6.80. The maximum atomic E-state index is 12.6. The van der Waals surface area contributed by atoms with Crippen molar-refractivity contribution >= 4 is 11.9 Å². The Hall–Kier alpha value is -3.67. The number of hydrogen-bond acceptors (Lipinski definition) is 3. The average Bonchev–Trinajstić information content (AvgIpc) is 2.74. The van der Waals surface area contributed by atoms with Crippen molar-refractivity contribution < 1.29 is 14.7 Å². The number of carboxylic acid groups (broad SMARTS) is 1. The van der Waals surface area contributed by atoms with Crippen LogP contribution in [0.1, 0.15) is 29.3 Å². The molecule has 0 spiro atoms. The van der Waals surface area contributed by atoms with Gasteiger partial charge in [0.25, 0.3) is 5.91 Å². The van der Waals surface area contributed by atoms with Crippen LogP contribution in [0.15, 0.2) is 77.7 Å². The summed E-state index contributed by atoms with van der Waals surface area (Å²) in [6.07, 6.45) is 2.18. The predicted molar refractivity (Wildman–Crippen MR) is 115 cm³/mol. The summed E-state index contributed by atoms with van der Waals surface area (Å²) >= 11 is 0. The first-order valence-corrected chi connectivity index (χ1v) is 9.79. The minimum absolute atomic E-state index is 0.242. The molecule has 3 aromatic rings. The van der Waals surface area contributed by atoms with Crippen LogP contribution in [-0.2, 0) is 11.2 Å². The molecular formula is C24H24N2O4. The zero-order chi connectivity index (χ0) is 21.5. The number of carbonyl (C=O) groups excluding carboxylic acids is 1. The molecule has 0 aliphatic carbocycles. The molecule has 3 N–H and O–H groups in total. The zero-order valence-corrected chi connectivity index (χ0v) is 16.7. The summed E-state index contributed by atoms with van der Waals surface area (Å²) in [6, 6.07) is 20.4. The van der Waals surface area contributed by atoms with E-state index in [0.717, 1.165) is 16.7 Å². The van der Waals surface area contributed by atoms with E-state index in [0.29, 0.717) is 6.42 Å². The maximum absolute atomic E-state index is 12.6. The normalized spacial score (nSPS) is 12.7. The van der Waals surface area contributed by atoms with E-state index in [1.165, 1.54) is 18.3 Å². The van der Waals surface area contributed by atoms with Crippen LogP contribution >= 0.6 is 0 Å². The molecule has 6 heteroatoms. The molecule has 0 radical (unpaired) electrons. The van der Waals surface area contributed by atoms with Gasteiger partial charge in [-0.15, -0.1) is 0 Å². The Balaban J connectivity index is 1.75. The van der Waals surface area contributed by atoms with E-state index in [9.17, 15) is 19.5 Å². The number of hydrogen-bond donors (Lipinski definition) is 3. The third-order valence-corrected chi connectivity index (χ3v) is 4.98. The Bertz CT molecular complexity index is 1060. The van der Waals surface area contributed by atoms with E-state index < -0.39 is 17.8 Å². The van der Waals surface area contributed by atoms with Gasteiger partial charge in [0.15, 0.2) is 0 Å². The molecular weight excluding hydrogens is 380 g/mol. The van der Waals surface area contributed by atoms with Crippen molar-refractivity contribution in [2.45, 2.75) is 25.8 Å². The van der Waals surface area contributed by atoms with Crippen molar-refractivity contribution in [1.29, 1.82) is 0 Å². The largest absolute Gasteiger partial charge is 0.481 e. The summed E-state index contributed by atoms with van der Waals surface area (Å²) in [5.41, 5.74) is 3.06.